The van der Waals surface area contributed by atoms with Crippen LogP contribution in [0, 0.1) is 0 Å². The van der Waals surface area contributed by atoms with E-state index in [4.69, 9.17) is 9.15 Å². The van der Waals surface area contributed by atoms with Crippen molar-refractivity contribution in [3.05, 3.63) is 65.0 Å². The molecule has 0 aliphatic heterocycles. The third-order valence-corrected chi connectivity index (χ3v) is 4.55. The van der Waals surface area contributed by atoms with Gasteiger partial charge in [0.25, 0.3) is 0 Å². The first-order valence-corrected chi connectivity index (χ1v) is 9.40. The second-order valence-corrected chi connectivity index (χ2v) is 6.84. The first kappa shape index (κ1) is 18.9. The highest BCUT2D eigenvalue weighted by molar-refractivity contribution is 7.07. The number of rotatable bonds is 8. The number of furan rings is 1. The van der Waals surface area contributed by atoms with Crippen molar-refractivity contribution in [1.29, 1.82) is 0 Å². The van der Waals surface area contributed by atoms with Gasteiger partial charge < -0.3 is 19.8 Å². The Balaban J connectivity index is 1.52. The Kier molecular flexibility index (Phi) is 6.45. The molecule has 1 unspecified atom stereocenters. The van der Waals surface area contributed by atoms with Crippen LogP contribution in [0.2, 0.25) is 0 Å². The van der Waals surface area contributed by atoms with E-state index in [1.807, 2.05) is 54.7 Å². The Morgan fingerprint density at radius 3 is 2.93 bits per heavy atom. The lowest BCUT2D eigenvalue weighted by atomic mass is 10.2. The smallest absolute Gasteiger partial charge is 0.319 e. The van der Waals surface area contributed by atoms with Crippen molar-refractivity contribution in [3.8, 4) is 5.75 Å². The van der Waals surface area contributed by atoms with Gasteiger partial charge in [-0.2, -0.15) is 0 Å². The zero-order chi connectivity index (χ0) is 19.1. The molecular formula is C19H22N4O3S. The number of nitrogens with one attached hydrogen (secondary N) is 2. The fourth-order valence-corrected chi connectivity index (χ4v) is 3.06. The van der Waals surface area contributed by atoms with Gasteiger partial charge in [-0.05, 0) is 38.4 Å². The molecule has 0 saturated heterocycles. The molecule has 1 aromatic carbocycles. The van der Waals surface area contributed by atoms with Crippen LogP contribution in [0.15, 0.2) is 58.0 Å². The van der Waals surface area contributed by atoms with Crippen LogP contribution in [0.4, 0.5) is 10.5 Å². The molecule has 0 saturated carbocycles. The number of anilines is 1. The van der Waals surface area contributed by atoms with Crippen molar-refractivity contribution < 1.29 is 13.9 Å². The van der Waals surface area contributed by atoms with E-state index < -0.39 is 0 Å². The van der Waals surface area contributed by atoms with E-state index in [-0.39, 0.29) is 12.1 Å². The summed E-state index contributed by atoms with van der Waals surface area (Å²) in [5, 5.41) is 7.64. The van der Waals surface area contributed by atoms with Gasteiger partial charge in [0.15, 0.2) is 0 Å². The van der Waals surface area contributed by atoms with Crippen LogP contribution >= 0.6 is 11.3 Å². The monoisotopic (exact) mass is 386 g/mol. The number of benzene rings is 1. The van der Waals surface area contributed by atoms with Gasteiger partial charge in [-0.15, -0.1) is 11.3 Å². The third-order valence-electron chi connectivity index (χ3n) is 3.91. The number of hydrogen-bond donors (Lipinski definition) is 2. The van der Waals surface area contributed by atoms with Gasteiger partial charge >= 0.3 is 6.03 Å². The first-order valence-electron chi connectivity index (χ1n) is 8.46. The standard InChI is InChI=1S/C19H22N4O3S/c1-23(2)17(18-7-4-8-25-18)10-20-19(24)22-14-5-3-6-16(9-14)26-11-15-12-27-13-21-15/h3-9,12-13,17H,10-11H2,1-2H3,(H2,20,22,24). The minimum Gasteiger partial charge on any atom is -0.487 e. The number of hydrogen-bond acceptors (Lipinski definition) is 6. The number of carbonyl (C=O) groups is 1. The zero-order valence-electron chi connectivity index (χ0n) is 15.2. The summed E-state index contributed by atoms with van der Waals surface area (Å²) in [6, 6.07) is 10.7. The molecule has 7 nitrogen and oxygen atoms in total. The van der Waals surface area contributed by atoms with Crippen LogP contribution in [0.5, 0.6) is 5.75 Å². The fourth-order valence-electron chi connectivity index (χ4n) is 2.51. The van der Waals surface area contributed by atoms with Crippen molar-refractivity contribution in [2.24, 2.45) is 0 Å². The Morgan fingerprint density at radius 1 is 1.33 bits per heavy atom. The topological polar surface area (TPSA) is 79.6 Å². The van der Waals surface area contributed by atoms with Gasteiger partial charge in [-0.3, -0.25) is 4.90 Å². The quantitative estimate of drug-likeness (QED) is 0.616. The van der Waals surface area contributed by atoms with E-state index in [9.17, 15) is 4.79 Å². The summed E-state index contributed by atoms with van der Waals surface area (Å²) in [6.07, 6.45) is 1.63. The van der Waals surface area contributed by atoms with E-state index in [1.165, 1.54) is 11.3 Å². The van der Waals surface area contributed by atoms with Crippen molar-refractivity contribution in [3.63, 3.8) is 0 Å². The Bertz CT molecular complexity index is 835. The minimum absolute atomic E-state index is 0.0430. The summed E-state index contributed by atoms with van der Waals surface area (Å²) in [6.45, 7) is 0.819. The van der Waals surface area contributed by atoms with E-state index in [0.717, 1.165) is 11.5 Å². The summed E-state index contributed by atoms with van der Waals surface area (Å²) < 4.78 is 11.2. The molecule has 0 radical (unpaired) electrons. The molecular weight excluding hydrogens is 364 g/mol. The molecule has 2 heterocycles. The molecule has 27 heavy (non-hydrogen) atoms. The SMILES string of the molecule is CN(C)C(CNC(=O)Nc1cccc(OCc2cscn2)c1)c1ccco1. The number of nitrogens with zero attached hydrogens (tertiary/aromatic N) is 2. The molecule has 0 bridgehead atoms. The van der Waals surface area contributed by atoms with E-state index in [1.54, 1.807) is 17.8 Å². The molecule has 8 heteroatoms. The lowest BCUT2D eigenvalue weighted by Gasteiger charge is -2.22. The number of urea groups is 1. The van der Waals surface area contributed by atoms with Crippen LogP contribution in [-0.2, 0) is 6.61 Å². The highest BCUT2D eigenvalue weighted by Crippen LogP contribution is 2.20. The number of thiazole rings is 1. The summed E-state index contributed by atoms with van der Waals surface area (Å²) in [5.41, 5.74) is 3.30. The molecule has 0 aliphatic carbocycles. The lowest BCUT2D eigenvalue weighted by molar-refractivity contribution is 0.233. The van der Waals surface area contributed by atoms with Gasteiger partial charge in [-0.25, -0.2) is 9.78 Å². The maximum atomic E-state index is 12.2. The number of carbonyl (C=O) groups excluding carboxylic acids is 1. The molecule has 2 N–H and O–H groups in total. The van der Waals surface area contributed by atoms with Gasteiger partial charge in [-0.1, -0.05) is 6.07 Å². The Labute approximate surface area is 162 Å². The van der Waals surface area contributed by atoms with E-state index >= 15 is 0 Å². The van der Waals surface area contributed by atoms with Crippen LogP contribution in [0.3, 0.4) is 0 Å². The van der Waals surface area contributed by atoms with Crippen molar-refractivity contribution in [1.82, 2.24) is 15.2 Å². The fraction of sp³-hybridized carbons (Fsp3) is 0.263. The maximum Gasteiger partial charge on any atom is 0.319 e. The number of likely N-dealkylation sites (N-methyl/N-ethyl adjacent to an activating group) is 1. The van der Waals surface area contributed by atoms with Crippen molar-refractivity contribution in [2.75, 3.05) is 26.0 Å². The normalized spacial score (nSPS) is 12.0. The van der Waals surface area contributed by atoms with Crippen molar-refractivity contribution >= 4 is 23.1 Å². The highest BCUT2D eigenvalue weighted by atomic mass is 32.1. The molecule has 3 rings (SSSR count). The maximum absolute atomic E-state index is 12.2. The van der Waals surface area contributed by atoms with Crippen molar-refractivity contribution in [2.45, 2.75) is 12.6 Å². The van der Waals surface area contributed by atoms with E-state index in [0.29, 0.717) is 24.6 Å². The zero-order valence-corrected chi connectivity index (χ0v) is 16.0. The van der Waals surface area contributed by atoms with Gasteiger partial charge in [0.1, 0.15) is 18.1 Å². The molecule has 2 aromatic heterocycles. The van der Waals surface area contributed by atoms with E-state index in [2.05, 4.69) is 15.6 Å². The first-order chi connectivity index (χ1) is 13.1. The Hall–Kier alpha value is -2.84. The van der Waals surface area contributed by atoms with Gasteiger partial charge in [0, 0.05) is 23.7 Å². The van der Waals surface area contributed by atoms with Gasteiger partial charge in [0.2, 0.25) is 0 Å². The molecule has 1 atom stereocenters. The molecule has 0 aliphatic rings. The van der Waals surface area contributed by atoms with Gasteiger partial charge in [0.05, 0.1) is 23.5 Å². The van der Waals surface area contributed by atoms with Crippen LogP contribution < -0.4 is 15.4 Å². The predicted molar refractivity (Wildman–Crippen MR) is 105 cm³/mol. The predicted octanol–water partition coefficient (Wildman–Crippen LogP) is 3.74. The highest BCUT2D eigenvalue weighted by Gasteiger charge is 2.17. The number of ether oxygens (including phenoxy) is 1. The summed E-state index contributed by atoms with van der Waals surface area (Å²) >= 11 is 1.53. The number of aromatic nitrogens is 1. The average molecular weight is 386 g/mol. The average Bonchev–Trinajstić information content (AvgIpc) is 3.34. The third kappa shape index (κ3) is 5.57. The second kappa shape index (κ2) is 9.20. The molecule has 142 valence electrons. The summed E-state index contributed by atoms with van der Waals surface area (Å²) in [5.74, 6) is 1.47. The molecule has 3 aromatic rings. The lowest BCUT2D eigenvalue weighted by Crippen LogP contribution is -2.36. The molecule has 0 fully saturated rings. The molecule has 2 amide bonds. The second-order valence-electron chi connectivity index (χ2n) is 6.13. The summed E-state index contributed by atoms with van der Waals surface area (Å²) in [4.78, 5) is 18.4. The largest absolute Gasteiger partial charge is 0.487 e. The summed E-state index contributed by atoms with van der Waals surface area (Å²) in [7, 11) is 3.88. The van der Waals surface area contributed by atoms with Crippen LogP contribution in [0.1, 0.15) is 17.5 Å². The van der Waals surface area contributed by atoms with Crippen LogP contribution in [0.25, 0.3) is 0 Å². The number of amides is 2. The minimum atomic E-state index is -0.287. The molecule has 0 spiro atoms. The van der Waals surface area contributed by atoms with Crippen LogP contribution in [-0.4, -0.2) is 36.6 Å². The Morgan fingerprint density at radius 2 is 2.22 bits per heavy atom.